The van der Waals surface area contributed by atoms with Crippen molar-refractivity contribution in [3.63, 3.8) is 0 Å². The Hall–Kier alpha value is -4.01. The number of amides is 1. The van der Waals surface area contributed by atoms with E-state index < -0.39 is 5.97 Å². The molecule has 3 aromatic carbocycles. The molecule has 0 unspecified atom stereocenters. The number of hydrogen-bond donors (Lipinski definition) is 3. The summed E-state index contributed by atoms with van der Waals surface area (Å²) in [5, 5.41) is 14.9. The molecule has 0 atom stereocenters. The van der Waals surface area contributed by atoms with Gasteiger partial charge in [-0.25, -0.2) is 10.3 Å². The van der Waals surface area contributed by atoms with Crippen LogP contribution in [0.1, 0.15) is 21.6 Å². The van der Waals surface area contributed by atoms with Crippen molar-refractivity contribution in [1.82, 2.24) is 15.3 Å². The number of benzene rings is 3. The Morgan fingerprint density at radius 1 is 0.943 bits per heavy atom. The van der Waals surface area contributed by atoms with Crippen LogP contribution in [-0.4, -0.2) is 27.8 Å². The molecule has 178 valence electrons. The van der Waals surface area contributed by atoms with E-state index in [0.717, 1.165) is 22.2 Å². The number of halogens is 2. The highest BCUT2D eigenvalue weighted by Crippen LogP contribution is 2.14. The summed E-state index contributed by atoms with van der Waals surface area (Å²) < 4.78 is 0. The average molecular weight is 510 g/mol. The van der Waals surface area contributed by atoms with Gasteiger partial charge >= 0.3 is 5.95 Å². The Morgan fingerprint density at radius 2 is 1.54 bits per heavy atom. The van der Waals surface area contributed by atoms with Crippen LogP contribution in [0.25, 0.3) is 10.9 Å². The van der Waals surface area contributed by atoms with E-state index in [-0.39, 0.29) is 23.9 Å². The molecule has 0 fully saturated rings. The molecule has 1 amide bonds. The highest BCUT2D eigenvalue weighted by molar-refractivity contribution is 6.30. The van der Waals surface area contributed by atoms with Gasteiger partial charge in [-0.1, -0.05) is 59.6 Å². The summed E-state index contributed by atoms with van der Waals surface area (Å²) in [6, 6.07) is 20.6. The van der Waals surface area contributed by atoms with Crippen molar-refractivity contribution in [2.45, 2.75) is 13.3 Å². The van der Waals surface area contributed by atoms with Gasteiger partial charge < -0.3 is 15.6 Å². The van der Waals surface area contributed by atoms with Crippen molar-refractivity contribution in [3.8, 4) is 0 Å². The molecular weight excluding hydrogens is 489 g/mol. The first-order valence-electron chi connectivity index (χ1n) is 10.4. The van der Waals surface area contributed by atoms with E-state index in [4.69, 9.17) is 28.9 Å². The van der Waals surface area contributed by atoms with E-state index >= 15 is 0 Å². The number of aromatic carboxylic acids is 1. The maximum atomic E-state index is 12.1. The molecule has 0 aliphatic heterocycles. The lowest BCUT2D eigenvalue weighted by molar-refractivity contribution is -0.367. The average Bonchev–Trinajstić information content (AvgIpc) is 2.81. The number of carbonyl (C=O) groups excluding carboxylic acids is 2. The predicted molar refractivity (Wildman–Crippen MR) is 133 cm³/mol. The van der Waals surface area contributed by atoms with Crippen LogP contribution in [0, 0.1) is 6.92 Å². The Labute approximate surface area is 211 Å². The lowest BCUT2D eigenvalue weighted by Gasteiger charge is -2.02. The van der Waals surface area contributed by atoms with Crippen molar-refractivity contribution in [2.75, 3.05) is 0 Å². The highest BCUT2D eigenvalue weighted by Gasteiger charge is 2.11. The number of carboxylic acid groups (broad SMARTS) is 1. The Bertz CT molecular complexity index is 1370. The number of para-hydroxylation sites is 1. The number of fused-ring (bicyclic) bond motifs is 1. The third-order valence-corrected chi connectivity index (χ3v) is 5.18. The molecule has 0 aliphatic carbocycles. The zero-order valence-corrected chi connectivity index (χ0v) is 20.1. The number of nitrogens with zero attached hydrogens (tertiary/aromatic N) is 2. The van der Waals surface area contributed by atoms with E-state index in [1.165, 1.54) is 24.3 Å². The van der Waals surface area contributed by atoms with Gasteiger partial charge in [-0.2, -0.15) is 0 Å². The monoisotopic (exact) mass is 509 g/mol. The van der Waals surface area contributed by atoms with Crippen LogP contribution in [0.5, 0.6) is 0 Å². The van der Waals surface area contributed by atoms with Crippen molar-refractivity contribution in [3.05, 3.63) is 99.7 Å². The number of carbonyl (C=O) groups is 2. The molecular formula is C25H21Cl2N5O3. The molecule has 8 nitrogen and oxygen atoms in total. The van der Waals surface area contributed by atoms with Gasteiger partial charge in [0.2, 0.25) is 0 Å². The van der Waals surface area contributed by atoms with Gasteiger partial charge in [0.25, 0.3) is 11.9 Å². The lowest BCUT2D eigenvalue weighted by atomic mass is 10.1. The number of hydrogen-bond acceptors (Lipinski definition) is 5. The molecule has 4 aromatic rings. The fourth-order valence-corrected chi connectivity index (χ4v) is 3.26. The molecule has 1 heterocycles. The first-order valence-corrected chi connectivity index (χ1v) is 11.1. The molecule has 0 aliphatic rings. The third-order valence-electron chi connectivity index (χ3n) is 4.67. The Balaban J connectivity index is 0.000000287. The second kappa shape index (κ2) is 11.9. The number of rotatable bonds is 4. The summed E-state index contributed by atoms with van der Waals surface area (Å²) in [6.45, 7) is 1.89. The number of aromatic nitrogens is 2. The summed E-state index contributed by atoms with van der Waals surface area (Å²) in [7, 11) is 0. The van der Waals surface area contributed by atoms with Gasteiger partial charge in [0.15, 0.2) is 0 Å². The lowest BCUT2D eigenvalue weighted by Crippen LogP contribution is -2.75. The molecule has 0 spiro atoms. The first-order chi connectivity index (χ1) is 16.7. The van der Waals surface area contributed by atoms with Crippen LogP contribution in [0.15, 0.2) is 72.8 Å². The van der Waals surface area contributed by atoms with Gasteiger partial charge in [0.05, 0.1) is 18.1 Å². The minimum atomic E-state index is -1.18. The number of guanidine groups is 1. The van der Waals surface area contributed by atoms with E-state index in [2.05, 4.69) is 20.3 Å². The van der Waals surface area contributed by atoms with Crippen LogP contribution < -0.4 is 21.1 Å². The van der Waals surface area contributed by atoms with Gasteiger partial charge in [0, 0.05) is 15.4 Å². The maximum absolute atomic E-state index is 12.1. The Kier molecular flexibility index (Phi) is 8.72. The maximum Gasteiger partial charge on any atom is 0.354 e. The summed E-state index contributed by atoms with van der Waals surface area (Å²) in [5.41, 5.74) is 8.47. The molecule has 10 heteroatoms. The fourth-order valence-electron chi connectivity index (χ4n) is 3.01. The molecule has 0 bridgehead atoms. The smallest absolute Gasteiger partial charge is 0.354 e. The first kappa shape index (κ1) is 25.6. The van der Waals surface area contributed by atoms with Crippen LogP contribution in [-0.2, 0) is 11.2 Å². The number of carboxylic acids is 1. The van der Waals surface area contributed by atoms with Crippen molar-refractivity contribution in [1.29, 1.82) is 0 Å². The minimum Gasteiger partial charge on any atom is -0.545 e. The largest absolute Gasteiger partial charge is 0.545 e. The summed E-state index contributed by atoms with van der Waals surface area (Å²) in [6.07, 6.45) is 0.192. The zero-order chi connectivity index (χ0) is 25.4. The second-order valence-electron chi connectivity index (χ2n) is 7.33. The van der Waals surface area contributed by atoms with Gasteiger partial charge in [-0.05, 0) is 54.4 Å². The van der Waals surface area contributed by atoms with E-state index in [0.29, 0.717) is 16.0 Å². The third kappa shape index (κ3) is 7.77. The number of nitrogens with two attached hydrogens (primary N) is 1. The zero-order valence-electron chi connectivity index (χ0n) is 18.6. The van der Waals surface area contributed by atoms with Crippen molar-refractivity contribution >= 4 is 57.9 Å². The van der Waals surface area contributed by atoms with Crippen LogP contribution >= 0.6 is 23.2 Å². The van der Waals surface area contributed by atoms with Crippen LogP contribution in [0.3, 0.4) is 0 Å². The van der Waals surface area contributed by atoms with Crippen molar-refractivity contribution < 1.29 is 19.7 Å². The van der Waals surface area contributed by atoms with E-state index in [1.54, 1.807) is 24.3 Å². The molecule has 1 aromatic heterocycles. The summed E-state index contributed by atoms with van der Waals surface area (Å²) in [4.78, 5) is 33.8. The summed E-state index contributed by atoms with van der Waals surface area (Å²) in [5.74, 6) is -1.02. The predicted octanol–water partition coefficient (Wildman–Crippen LogP) is 1.68. The van der Waals surface area contributed by atoms with Gasteiger partial charge in [0.1, 0.15) is 5.52 Å². The molecule has 4 N–H and O–H groups in total. The van der Waals surface area contributed by atoms with E-state index in [9.17, 15) is 14.7 Å². The van der Waals surface area contributed by atoms with Crippen LogP contribution in [0.2, 0.25) is 10.0 Å². The fraction of sp³-hybridized carbons (Fsp3) is 0.0800. The highest BCUT2D eigenvalue weighted by atomic mass is 35.5. The molecule has 4 rings (SSSR count). The van der Waals surface area contributed by atoms with Crippen LogP contribution in [0.4, 0.5) is 5.95 Å². The molecule has 35 heavy (non-hydrogen) atoms. The standard InChI is InChI=1S/C18H16ClN5O.C7H5ClO2/c1-11-14-4-2-3-5-15(14)22-18(21-11)24-17(20)23-16(25)10-12-6-8-13(19)9-7-12;8-6-3-1-5(2-4-6)7(9)10/h2-9H,10H2,1H3,(H3,20,21,22,23,24,25);1-4H,(H,9,10). The van der Waals surface area contributed by atoms with Crippen molar-refractivity contribution in [2.24, 2.45) is 5.73 Å². The molecule has 0 radical (unpaired) electrons. The van der Waals surface area contributed by atoms with Gasteiger partial charge in [-0.15, -0.1) is 9.97 Å². The van der Waals surface area contributed by atoms with E-state index in [1.807, 2.05) is 31.2 Å². The summed E-state index contributed by atoms with van der Waals surface area (Å²) >= 11 is 11.3. The molecule has 0 saturated heterocycles. The minimum absolute atomic E-state index is 0.0774. The second-order valence-corrected chi connectivity index (χ2v) is 8.21. The number of nitrogens with one attached hydrogen (secondary N) is 2. The van der Waals surface area contributed by atoms with Gasteiger partial charge in [-0.3, -0.25) is 4.79 Å². The normalized spacial score (nSPS) is 10.9. The SMILES string of the molecule is Cc1nc(/[NH+]=C(\N)NC(=O)Cc2ccc(Cl)cc2)nc2ccccc12.O=C([O-])c1ccc(Cl)cc1. The number of aryl methyl sites for hydroxylation is 1. The quantitative estimate of drug-likeness (QED) is 0.283. The topological polar surface area (TPSA) is 135 Å². The Morgan fingerprint density at radius 3 is 2.17 bits per heavy atom. The molecule has 0 saturated carbocycles.